The molecule has 0 unspecified atom stereocenters. The number of nitrogens with zero attached hydrogens (tertiary/aromatic N) is 2. The molecular formula is C9H11N3O2S. The van der Waals surface area contributed by atoms with Crippen LogP contribution in [0.3, 0.4) is 0 Å². The minimum Gasteiger partial charge on any atom is -0.403 e. The van der Waals surface area contributed by atoms with Crippen LogP contribution in [0, 0.1) is 0 Å². The molecule has 2 rings (SSSR count). The van der Waals surface area contributed by atoms with E-state index in [4.69, 9.17) is 9.15 Å². The summed E-state index contributed by atoms with van der Waals surface area (Å²) in [6, 6.07) is 4.31. The van der Waals surface area contributed by atoms with Gasteiger partial charge in [-0.05, 0) is 11.4 Å². The fraction of sp³-hybridized carbons (Fsp3) is 0.333. The van der Waals surface area contributed by atoms with Crippen LogP contribution in [0.5, 0.6) is 0 Å². The molecular weight excluding hydrogens is 214 g/mol. The zero-order chi connectivity index (χ0) is 10.5. The number of nitrogens with one attached hydrogen (secondary N) is 1. The lowest BCUT2D eigenvalue weighted by molar-refractivity contribution is 0.210. The number of aromatic nitrogens is 2. The second-order valence-electron chi connectivity index (χ2n) is 2.81. The molecule has 0 radical (unpaired) electrons. The minimum absolute atomic E-state index is 0.426. The van der Waals surface area contributed by atoms with Crippen molar-refractivity contribution in [3.63, 3.8) is 0 Å². The Morgan fingerprint density at radius 1 is 1.53 bits per heavy atom. The zero-order valence-corrected chi connectivity index (χ0v) is 9.08. The van der Waals surface area contributed by atoms with Crippen LogP contribution in [0.25, 0.3) is 10.8 Å². The van der Waals surface area contributed by atoms with Gasteiger partial charge < -0.3 is 14.5 Å². The van der Waals surface area contributed by atoms with Crippen molar-refractivity contribution >= 4 is 17.4 Å². The van der Waals surface area contributed by atoms with Crippen molar-refractivity contribution in [3.05, 3.63) is 17.5 Å². The van der Waals surface area contributed by atoms with Crippen molar-refractivity contribution in [3.8, 4) is 10.8 Å². The Labute approximate surface area is 91.1 Å². The van der Waals surface area contributed by atoms with Crippen LogP contribution in [0.15, 0.2) is 21.9 Å². The van der Waals surface area contributed by atoms with Gasteiger partial charge in [0.2, 0.25) is 0 Å². The Morgan fingerprint density at radius 2 is 2.47 bits per heavy atom. The van der Waals surface area contributed by atoms with Gasteiger partial charge in [-0.3, -0.25) is 0 Å². The number of anilines is 1. The second-order valence-corrected chi connectivity index (χ2v) is 3.76. The third-order valence-electron chi connectivity index (χ3n) is 1.74. The summed E-state index contributed by atoms with van der Waals surface area (Å²) in [5.41, 5.74) is 0. The summed E-state index contributed by atoms with van der Waals surface area (Å²) in [5, 5.41) is 12.7. The molecule has 0 aliphatic carbocycles. The zero-order valence-electron chi connectivity index (χ0n) is 8.27. The molecule has 0 aliphatic rings. The lowest BCUT2D eigenvalue weighted by Gasteiger charge is -1.97. The molecule has 15 heavy (non-hydrogen) atoms. The number of hydrogen-bond donors (Lipinski definition) is 1. The van der Waals surface area contributed by atoms with Gasteiger partial charge in [0.25, 0.3) is 5.89 Å². The van der Waals surface area contributed by atoms with Gasteiger partial charge in [0.05, 0.1) is 11.5 Å². The Morgan fingerprint density at radius 3 is 3.20 bits per heavy atom. The number of ether oxygens (including phenoxy) is 1. The molecule has 1 N–H and O–H groups in total. The molecule has 0 fully saturated rings. The summed E-state index contributed by atoms with van der Waals surface area (Å²) in [7, 11) is 1.65. The highest BCUT2D eigenvalue weighted by Crippen LogP contribution is 2.24. The summed E-state index contributed by atoms with van der Waals surface area (Å²) in [5.74, 6) is 0.546. The summed E-state index contributed by atoms with van der Waals surface area (Å²) >= 11 is 1.57. The number of methoxy groups -OCH3 is 1. The highest BCUT2D eigenvalue weighted by Gasteiger charge is 2.07. The minimum atomic E-state index is 0.426. The van der Waals surface area contributed by atoms with E-state index in [2.05, 4.69) is 15.5 Å². The normalized spacial score (nSPS) is 10.5. The summed E-state index contributed by atoms with van der Waals surface area (Å²) < 4.78 is 10.3. The lowest BCUT2D eigenvalue weighted by atomic mass is 10.5. The van der Waals surface area contributed by atoms with Gasteiger partial charge in [0.1, 0.15) is 0 Å². The molecule has 2 aromatic rings. The van der Waals surface area contributed by atoms with Crippen LogP contribution in [-0.4, -0.2) is 30.5 Å². The first kappa shape index (κ1) is 10.1. The molecule has 0 saturated heterocycles. The van der Waals surface area contributed by atoms with Crippen molar-refractivity contribution in [2.45, 2.75) is 0 Å². The van der Waals surface area contributed by atoms with Gasteiger partial charge in [-0.2, -0.15) is 0 Å². The molecule has 0 saturated carbocycles. The highest BCUT2D eigenvalue weighted by atomic mass is 32.1. The highest BCUT2D eigenvalue weighted by molar-refractivity contribution is 7.13. The second kappa shape index (κ2) is 4.90. The van der Waals surface area contributed by atoms with E-state index in [1.54, 1.807) is 18.4 Å². The van der Waals surface area contributed by atoms with Gasteiger partial charge in [-0.15, -0.1) is 16.4 Å². The van der Waals surface area contributed by atoms with Gasteiger partial charge in [0, 0.05) is 13.7 Å². The van der Waals surface area contributed by atoms with Crippen molar-refractivity contribution in [1.82, 2.24) is 10.2 Å². The van der Waals surface area contributed by atoms with Gasteiger partial charge in [-0.25, -0.2) is 0 Å². The van der Waals surface area contributed by atoms with E-state index in [1.165, 1.54) is 0 Å². The maximum Gasteiger partial charge on any atom is 0.315 e. The van der Waals surface area contributed by atoms with E-state index in [9.17, 15) is 0 Å². The molecule has 2 heterocycles. The number of hydrogen-bond acceptors (Lipinski definition) is 6. The molecule has 0 aromatic carbocycles. The molecule has 0 bridgehead atoms. The molecule has 0 amide bonds. The summed E-state index contributed by atoms with van der Waals surface area (Å²) in [6.45, 7) is 1.26. The predicted molar refractivity (Wildman–Crippen MR) is 58.0 cm³/mol. The monoisotopic (exact) mass is 225 g/mol. The van der Waals surface area contributed by atoms with E-state index in [-0.39, 0.29) is 0 Å². The molecule has 0 spiro atoms. The molecule has 6 heteroatoms. The summed E-state index contributed by atoms with van der Waals surface area (Å²) in [6.07, 6.45) is 0. The van der Waals surface area contributed by atoms with Gasteiger partial charge in [0.15, 0.2) is 0 Å². The van der Waals surface area contributed by atoms with Gasteiger partial charge in [-0.1, -0.05) is 11.2 Å². The molecule has 0 atom stereocenters. The Hall–Kier alpha value is -1.40. The first-order valence-corrected chi connectivity index (χ1v) is 5.38. The largest absolute Gasteiger partial charge is 0.403 e. The molecule has 2 aromatic heterocycles. The Bertz CT molecular complexity index is 399. The van der Waals surface area contributed by atoms with Crippen LogP contribution in [0.2, 0.25) is 0 Å². The maximum absolute atomic E-state index is 5.40. The number of thiophene rings is 1. The average molecular weight is 225 g/mol. The standard InChI is InChI=1S/C9H11N3O2S/c1-13-5-4-10-9-12-11-8(14-9)7-3-2-6-15-7/h2-3,6H,4-5H2,1H3,(H,10,12). The van der Waals surface area contributed by atoms with Crippen molar-refractivity contribution in [2.24, 2.45) is 0 Å². The van der Waals surface area contributed by atoms with Crippen molar-refractivity contribution in [1.29, 1.82) is 0 Å². The van der Waals surface area contributed by atoms with Crippen LogP contribution in [0.4, 0.5) is 6.01 Å². The maximum atomic E-state index is 5.40. The molecule has 0 aliphatic heterocycles. The third kappa shape index (κ3) is 2.54. The van der Waals surface area contributed by atoms with E-state index in [0.717, 1.165) is 4.88 Å². The summed E-state index contributed by atoms with van der Waals surface area (Å²) in [4.78, 5) is 0.974. The fourth-order valence-corrected chi connectivity index (χ4v) is 1.70. The SMILES string of the molecule is COCCNc1nnc(-c2cccs2)o1. The fourth-order valence-electron chi connectivity index (χ4n) is 1.05. The van der Waals surface area contributed by atoms with Crippen LogP contribution >= 0.6 is 11.3 Å². The topological polar surface area (TPSA) is 60.2 Å². The first-order chi connectivity index (χ1) is 7.40. The average Bonchev–Trinajstić information content (AvgIpc) is 2.87. The smallest absolute Gasteiger partial charge is 0.315 e. The lowest BCUT2D eigenvalue weighted by Crippen LogP contribution is -2.07. The van der Waals surface area contributed by atoms with Crippen molar-refractivity contribution in [2.75, 3.05) is 25.6 Å². The molecule has 5 nitrogen and oxygen atoms in total. The van der Waals surface area contributed by atoms with E-state index < -0.39 is 0 Å². The number of rotatable bonds is 5. The van der Waals surface area contributed by atoms with E-state index in [1.807, 2.05) is 17.5 Å². The van der Waals surface area contributed by atoms with Gasteiger partial charge >= 0.3 is 6.01 Å². The van der Waals surface area contributed by atoms with Crippen LogP contribution in [0.1, 0.15) is 0 Å². The first-order valence-electron chi connectivity index (χ1n) is 4.50. The Balaban J connectivity index is 1.98. The Kier molecular flexibility index (Phi) is 3.31. The van der Waals surface area contributed by atoms with Crippen LogP contribution in [-0.2, 0) is 4.74 Å². The van der Waals surface area contributed by atoms with Crippen LogP contribution < -0.4 is 5.32 Å². The third-order valence-corrected chi connectivity index (χ3v) is 2.60. The predicted octanol–water partition coefficient (Wildman–Crippen LogP) is 1.86. The molecule has 80 valence electrons. The van der Waals surface area contributed by atoms with E-state index >= 15 is 0 Å². The van der Waals surface area contributed by atoms with E-state index in [0.29, 0.717) is 25.1 Å². The van der Waals surface area contributed by atoms with Crippen molar-refractivity contribution < 1.29 is 9.15 Å². The quantitative estimate of drug-likeness (QED) is 0.787.